The van der Waals surface area contributed by atoms with Crippen molar-refractivity contribution in [2.75, 3.05) is 13.7 Å². The van der Waals surface area contributed by atoms with E-state index >= 15 is 0 Å². The summed E-state index contributed by atoms with van der Waals surface area (Å²) in [6, 6.07) is 2.38. The normalized spacial score (nSPS) is 14.5. The molecule has 0 aliphatic carbocycles. The molecule has 1 aromatic carbocycles. The first-order valence-electron chi connectivity index (χ1n) is 5.94. The molecule has 10 heteroatoms. The number of nitro groups is 1. The first-order valence-corrected chi connectivity index (χ1v) is 7.43. The van der Waals surface area contributed by atoms with Crippen LogP contribution in [0.1, 0.15) is 6.92 Å². The van der Waals surface area contributed by atoms with Gasteiger partial charge in [-0.3, -0.25) is 10.1 Å². The number of sulfonamides is 1. The summed E-state index contributed by atoms with van der Waals surface area (Å²) in [6.07, 6.45) is -0.883. The van der Waals surface area contributed by atoms with Crippen LogP contribution in [0.25, 0.3) is 0 Å². The zero-order chi connectivity index (χ0) is 16.2. The Hall–Kier alpha value is -1.75. The fraction of sp³-hybridized carbons (Fsp3) is 0.455. The lowest BCUT2D eigenvalue weighted by molar-refractivity contribution is -0.385. The van der Waals surface area contributed by atoms with E-state index in [0.29, 0.717) is 0 Å². The Labute approximate surface area is 121 Å². The number of hydrogen-bond acceptors (Lipinski definition) is 7. The number of ether oxygens (including phenoxy) is 1. The van der Waals surface area contributed by atoms with E-state index in [9.17, 15) is 23.6 Å². The van der Waals surface area contributed by atoms with E-state index in [4.69, 9.17) is 10.5 Å². The van der Waals surface area contributed by atoms with Crippen molar-refractivity contribution in [3.05, 3.63) is 28.3 Å². The highest BCUT2D eigenvalue weighted by Crippen LogP contribution is 2.28. The van der Waals surface area contributed by atoms with Gasteiger partial charge in [-0.15, -0.1) is 0 Å². The van der Waals surface area contributed by atoms with Gasteiger partial charge >= 0.3 is 0 Å². The van der Waals surface area contributed by atoms with Gasteiger partial charge in [0.2, 0.25) is 10.0 Å². The minimum Gasteiger partial charge on any atom is -0.495 e. The first-order chi connectivity index (χ1) is 9.69. The molecule has 0 heterocycles. The van der Waals surface area contributed by atoms with Gasteiger partial charge in [-0.05, 0) is 13.0 Å². The second kappa shape index (κ2) is 6.80. The lowest BCUT2D eigenvalue weighted by atomic mass is 10.2. The van der Waals surface area contributed by atoms with Crippen LogP contribution in [0.15, 0.2) is 23.1 Å². The Morgan fingerprint density at radius 1 is 1.52 bits per heavy atom. The van der Waals surface area contributed by atoms with Gasteiger partial charge in [0.15, 0.2) is 0 Å². The maximum absolute atomic E-state index is 12.1. The fourth-order valence-electron chi connectivity index (χ4n) is 1.45. The average Bonchev–Trinajstić information content (AvgIpc) is 2.43. The van der Waals surface area contributed by atoms with Crippen LogP contribution in [0.2, 0.25) is 0 Å². The summed E-state index contributed by atoms with van der Waals surface area (Å²) in [5.41, 5.74) is 5.25. The van der Waals surface area contributed by atoms with Gasteiger partial charge in [0.05, 0.1) is 24.2 Å². The Kier molecular flexibility index (Phi) is 5.61. The number of aliphatic hydroxyl groups excluding tert-OH is 1. The molecule has 2 atom stereocenters. The van der Waals surface area contributed by atoms with Crippen molar-refractivity contribution in [1.82, 2.24) is 4.72 Å². The van der Waals surface area contributed by atoms with Crippen LogP contribution < -0.4 is 15.2 Å². The zero-order valence-electron chi connectivity index (χ0n) is 11.5. The number of aliphatic hydroxyl groups is 1. The van der Waals surface area contributed by atoms with Crippen molar-refractivity contribution in [3.63, 3.8) is 0 Å². The number of methoxy groups -OCH3 is 1. The lowest BCUT2D eigenvalue weighted by Crippen LogP contribution is -2.43. The molecule has 0 fully saturated rings. The highest BCUT2D eigenvalue weighted by molar-refractivity contribution is 7.89. The van der Waals surface area contributed by atoms with Crippen molar-refractivity contribution >= 4 is 15.7 Å². The van der Waals surface area contributed by atoms with Crippen LogP contribution in [0.3, 0.4) is 0 Å². The van der Waals surface area contributed by atoms with Crippen molar-refractivity contribution in [2.24, 2.45) is 5.73 Å². The van der Waals surface area contributed by atoms with E-state index in [1.54, 1.807) is 0 Å². The Morgan fingerprint density at radius 3 is 2.62 bits per heavy atom. The summed E-state index contributed by atoms with van der Waals surface area (Å²) in [6.45, 7) is 1.26. The van der Waals surface area contributed by atoms with Gasteiger partial charge in [0.1, 0.15) is 10.6 Å². The first kappa shape index (κ1) is 17.3. The Balaban J connectivity index is 3.05. The molecule has 0 saturated heterocycles. The number of nitrogens with zero attached hydrogens (tertiary/aromatic N) is 1. The molecule has 0 aliphatic rings. The molecule has 1 aromatic rings. The molecule has 0 aliphatic heterocycles. The molecule has 0 saturated carbocycles. The van der Waals surface area contributed by atoms with Crippen molar-refractivity contribution < 1.29 is 23.2 Å². The van der Waals surface area contributed by atoms with Crippen molar-refractivity contribution in [2.45, 2.75) is 24.0 Å². The topological polar surface area (TPSA) is 145 Å². The summed E-state index contributed by atoms with van der Waals surface area (Å²) in [4.78, 5) is 9.76. The Bertz CT molecular complexity index is 616. The molecule has 9 nitrogen and oxygen atoms in total. The van der Waals surface area contributed by atoms with E-state index in [2.05, 4.69) is 4.72 Å². The predicted octanol–water partition coefficient (Wildman–Crippen LogP) is -0.410. The second-order valence-electron chi connectivity index (χ2n) is 4.35. The molecule has 1 rings (SSSR count). The lowest BCUT2D eigenvalue weighted by Gasteiger charge is -2.16. The molecular formula is C11H17N3O6S. The van der Waals surface area contributed by atoms with Crippen LogP contribution in [0.5, 0.6) is 5.75 Å². The molecule has 0 spiro atoms. The molecular weight excluding hydrogens is 302 g/mol. The number of rotatable bonds is 7. The summed E-state index contributed by atoms with van der Waals surface area (Å²) in [7, 11) is -2.75. The predicted molar refractivity (Wildman–Crippen MR) is 74.5 cm³/mol. The summed E-state index contributed by atoms with van der Waals surface area (Å²) in [5, 5.41) is 19.9. The third kappa shape index (κ3) is 4.36. The SMILES string of the molecule is COc1cc([N+](=O)[O-])ccc1S(=O)(=O)NCC(N)C(C)O. The van der Waals surface area contributed by atoms with E-state index < -0.39 is 27.1 Å². The fourth-order valence-corrected chi connectivity index (χ4v) is 2.67. The van der Waals surface area contributed by atoms with Crippen LogP contribution in [0.4, 0.5) is 5.69 Å². The molecule has 0 bridgehead atoms. The highest BCUT2D eigenvalue weighted by atomic mass is 32.2. The third-order valence-electron chi connectivity index (χ3n) is 2.78. The highest BCUT2D eigenvalue weighted by Gasteiger charge is 2.23. The van der Waals surface area contributed by atoms with Crippen LogP contribution in [0, 0.1) is 10.1 Å². The van der Waals surface area contributed by atoms with Gasteiger partial charge in [0.25, 0.3) is 5.69 Å². The van der Waals surface area contributed by atoms with Gasteiger partial charge in [-0.2, -0.15) is 0 Å². The smallest absolute Gasteiger partial charge is 0.273 e. The van der Waals surface area contributed by atoms with E-state index in [1.807, 2.05) is 0 Å². The Morgan fingerprint density at radius 2 is 2.14 bits per heavy atom. The number of hydrogen-bond donors (Lipinski definition) is 3. The maximum Gasteiger partial charge on any atom is 0.273 e. The zero-order valence-corrected chi connectivity index (χ0v) is 12.3. The van der Waals surface area contributed by atoms with Crippen LogP contribution >= 0.6 is 0 Å². The van der Waals surface area contributed by atoms with Crippen LogP contribution in [-0.2, 0) is 10.0 Å². The number of benzene rings is 1. The van der Waals surface area contributed by atoms with Crippen molar-refractivity contribution in [1.29, 1.82) is 0 Å². The quantitative estimate of drug-likeness (QED) is 0.457. The number of nitro benzene ring substituents is 1. The van der Waals surface area contributed by atoms with E-state index in [1.165, 1.54) is 14.0 Å². The monoisotopic (exact) mass is 319 g/mol. The maximum atomic E-state index is 12.1. The summed E-state index contributed by atoms with van der Waals surface area (Å²) < 4.78 is 31.3. The molecule has 118 valence electrons. The van der Waals surface area contributed by atoms with Gasteiger partial charge in [0, 0.05) is 18.7 Å². The van der Waals surface area contributed by atoms with Gasteiger partial charge < -0.3 is 15.6 Å². The second-order valence-corrected chi connectivity index (χ2v) is 6.08. The van der Waals surface area contributed by atoms with E-state index in [-0.39, 0.29) is 22.9 Å². The molecule has 0 radical (unpaired) electrons. The summed E-state index contributed by atoms with van der Waals surface area (Å²) in [5.74, 6) is -0.151. The molecule has 0 amide bonds. The van der Waals surface area contributed by atoms with Crippen LogP contribution in [-0.4, -0.2) is 44.2 Å². The largest absolute Gasteiger partial charge is 0.495 e. The molecule has 0 aromatic heterocycles. The van der Waals surface area contributed by atoms with E-state index in [0.717, 1.165) is 18.2 Å². The third-order valence-corrected chi connectivity index (χ3v) is 4.24. The average molecular weight is 319 g/mol. The number of nitrogens with two attached hydrogens (primary N) is 1. The molecule has 4 N–H and O–H groups in total. The number of nitrogens with one attached hydrogen (secondary N) is 1. The molecule has 2 unspecified atom stereocenters. The minimum atomic E-state index is -3.96. The van der Waals surface area contributed by atoms with Gasteiger partial charge in [-0.1, -0.05) is 0 Å². The minimum absolute atomic E-state index is 0.151. The molecule has 21 heavy (non-hydrogen) atoms. The summed E-state index contributed by atoms with van der Waals surface area (Å²) >= 11 is 0. The number of non-ortho nitro benzene ring substituents is 1. The van der Waals surface area contributed by atoms with Gasteiger partial charge in [-0.25, -0.2) is 13.1 Å². The van der Waals surface area contributed by atoms with Crippen molar-refractivity contribution in [3.8, 4) is 5.75 Å². The standard InChI is InChI=1S/C11H17N3O6S/c1-7(15)9(12)6-13-21(18,19)11-4-3-8(14(16)17)5-10(11)20-2/h3-5,7,9,13,15H,6,12H2,1-2H3.